The summed E-state index contributed by atoms with van der Waals surface area (Å²) in [6.07, 6.45) is 0. The van der Waals surface area contributed by atoms with Crippen molar-refractivity contribution in [2.45, 2.75) is 25.5 Å². The van der Waals surface area contributed by atoms with E-state index in [0.29, 0.717) is 23.2 Å². The van der Waals surface area contributed by atoms with E-state index in [-0.39, 0.29) is 17.6 Å². The number of carbonyl (C=O) groups excluding carboxylic acids is 2. The second-order valence-electron chi connectivity index (χ2n) is 6.16. The molecule has 2 N–H and O–H groups in total. The molecule has 0 aliphatic heterocycles. The number of benzene rings is 2. The van der Waals surface area contributed by atoms with Gasteiger partial charge in [0.1, 0.15) is 0 Å². The molecule has 0 aliphatic carbocycles. The largest absolute Gasteiger partial charge is 0.326 e. The summed E-state index contributed by atoms with van der Waals surface area (Å²) in [5.74, 6) is 0.658. The monoisotopic (exact) mass is 473 g/mol. The number of amides is 2. The van der Waals surface area contributed by atoms with Gasteiger partial charge in [0.25, 0.3) is 0 Å². The molecule has 0 saturated heterocycles. The number of hydrogen-bond donors (Lipinski definition) is 2. The highest BCUT2D eigenvalue weighted by Crippen LogP contribution is 2.26. The smallest absolute Gasteiger partial charge is 0.234 e. The lowest BCUT2D eigenvalue weighted by molar-refractivity contribution is -0.114. The van der Waals surface area contributed by atoms with Crippen LogP contribution in [-0.2, 0) is 16.1 Å². The fourth-order valence-corrected chi connectivity index (χ4v) is 3.93. The van der Waals surface area contributed by atoms with Gasteiger partial charge in [-0.1, -0.05) is 45.9 Å². The summed E-state index contributed by atoms with van der Waals surface area (Å²) in [5.41, 5.74) is 2.27. The van der Waals surface area contributed by atoms with Crippen LogP contribution in [0.5, 0.6) is 0 Å². The van der Waals surface area contributed by atoms with E-state index < -0.39 is 0 Å². The average Bonchev–Trinajstić information content (AvgIpc) is 3.09. The Morgan fingerprint density at radius 1 is 1.07 bits per heavy atom. The molecule has 0 fully saturated rings. The zero-order valence-electron chi connectivity index (χ0n) is 16.0. The molecule has 0 atom stereocenters. The van der Waals surface area contributed by atoms with Crippen LogP contribution in [0, 0.1) is 0 Å². The van der Waals surface area contributed by atoms with Gasteiger partial charge in [0.15, 0.2) is 11.0 Å². The van der Waals surface area contributed by atoms with E-state index in [4.69, 9.17) is 0 Å². The van der Waals surface area contributed by atoms with Crippen LogP contribution < -0.4 is 10.6 Å². The molecule has 2 amide bonds. The van der Waals surface area contributed by atoms with Crippen molar-refractivity contribution in [1.82, 2.24) is 14.8 Å². The van der Waals surface area contributed by atoms with Crippen LogP contribution in [0.15, 0.2) is 58.2 Å². The number of halogens is 1. The lowest BCUT2D eigenvalue weighted by atomic mass is 10.2. The SMILES string of the molecule is CCn1c(SCC(=O)Nc2cccc(Br)c2)nnc1-c1cccc(NC(C)=O)c1. The second kappa shape index (κ2) is 9.71. The van der Waals surface area contributed by atoms with Gasteiger partial charge in [-0.25, -0.2) is 0 Å². The molecule has 29 heavy (non-hydrogen) atoms. The van der Waals surface area contributed by atoms with Crippen molar-refractivity contribution in [3.8, 4) is 11.4 Å². The molecule has 0 spiro atoms. The molecule has 0 bridgehead atoms. The van der Waals surface area contributed by atoms with Crippen LogP contribution in [0.3, 0.4) is 0 Å². The predicted molar refractivity (Wildman–Crippen MR) is 119 cm³/mol. The zero-order chi connectivity index (χ0) is 20.8. The number of nitrogens with zero attached hydrogens (tertiary/aromatic N) is 3. The second-order valence-corrected chi connectivity index (χ2v) is 8.02. The third-order valence-corrected chi connectivity index (χ3v) is 5.37. The van der Waals surface area contributed by atoms with Gasteiger partial charge in [-0.2, -0.15) is 0 Å². The van der Waals surface area contributed by atoms with Gasteiger partial charge in [0.05, 0.1) is 5.75 Å². The number of aromatic nitrogens is 3. The molecule has 7 nitrogen and oxygen atoms in total. The van der Waals surface area contributed by atoms with E-state index in [2.05, 4.69) is 36.8 Å². The van der Waals surface area contributed by atoms with Crippen molar-refractivity contribution >= 4 is 50.9 Å². The first-order chi connectivity index (χ1) is 14.0. The van der Waals surface area contributed by atoms with E-state index in [1.165, 1.54) is 18.7 Å². The van der Waals surface area contributed by atoms with Crippen molar-refractivity contribution in [2.24, 2.45) is 0 Å². The molecule has 0 unspecified atom stereocenters. The van der Waals surface area contributed by atoms with Gasteiger partial charge in [-0.15, -0.1) is 10.2 Å². The summed E-state index contributed by atoms with van der Waals surface area (Å²) < 4.78 is 2.85. The molecule has 0 saturated carbocycles. The Balaban J connectivity index is 1.71. The van der Waals surface area contributed by atoms with E-state index in [1.807, 2.05) is 60.0 Å². The first-order valence-electron chi connectivity index (χ1n) is 8.95. The standard InChI is InChI=1S/C20H20BrN5O2S/c1-3-26-19(14-6-4-8-16(10-14)22-13(2)27)24-25-20(26)29-12-18(28)23-17-9-5-7-15(21)11-17/h4-11H,3,12H2,1-2H3,(H,22,27)(H,23,28). The summed E-state index contributed by atoms with van der Waals surface area (Å²) in [6.45, 7) is 4.12. The fraction of sp³-hybridized carbons (Fsp3) is 0.200. The molecule has 3 rings (SSSR count). The Morgan fingerprint density at radius 2 is 1.79 bits per heavy atom. The minimum absolute atomic E-state index is 0.118. The van der Waals surface area contributed by atoms with Crippen molar-refractivity contribution < 1.29 is 9.59 Å². The van der Waals surface area contributed by atoms with Gasteiger partial charge < -0.3 is 15.2 Å². The van der Waals surface area contributed by atoms with E-state index in [1.54, 1.807) is 0 Å². The molecular weight excluding hydrogens is 454 g/mol. The van der Waals surface area contributed by atoms with E-state index in [9.17, 15) is 9.59 Å². The molecule has 0 aliphatic rings. The van der Waals surface area contributed by atoms with Crippen LogP contribution in [0.2, 0.25) is 0 Å². The number of nitrogens with one attached hydrogen (secondary N) is 2. The summed E-state index contributed by atoms with van der Waals surface area (Å²) in [7, 11) is 0. The number of anilines is 2. The minimum Gasteiger partial charge on any atom is -0.326 e. The van der Waals surface area contributed by atoms with Crippen molar-refractivity contribution in [3.63, 3.8) is 0 Å². The van der Waals surface area contributed by atoms with Crippen LogP contribution >= 0.6 is 27.7 Å². The third kappa shape index (κ3) is 5.68. The highest BCUT2D eigenvalue weighted by atomic mass is 79.9. The molecule has 9 heteroatoms. The van der Waals surface area contributed by atoms with Crippen LogP contribution in [-0.4, -0.2) is 32.3 Å². The number of carbonyl (C=O) groups is 2. The summed E-state index contributed by atoms with van der Waals surface area (Å²) in [4.78, 5) is 23.6. The Bertz CT molecular complexity index is 1040. The van der Waals surface area contributed by atoms with Crippen LogP contribution in [0.25, 0.3) is 11.4 Å². The lowest BCUT2D eigenvalue weighted by Gasteiger charge is -2.09. The van der Waals surface area contributed by atoms with Gasteiger partial charge >= 0.3 is 0 Å². The number of thioether (sulfide) groups is 1. The van der Waals surface area contributed by atoms with Gasteiger partial charge in [0.2, 0.25) is 11.8 Å². The Morgan fingerprint density at radius 3 is 2.48 bits per heavy atom. The Labute approximate surface area is 181 Å². The zero-order valence-corrected chi connectivity index (χ0v) is 18.4. The molecule has 150 valence electrons. The maximum atomic E-state index is 12.3. The number of hydrogen-bond acceptors (Lipinski definition) is 5. The molecule has 3 aromatic rings. The van der Waals surface area contributed by atoms with Gasteiger partial charge in [-0.05, 0) is 37.3 Å². The average molecular weight is 474 g/mol. The molecule has 2 aromatic carbocycles. The molecule has 1 aromatic heterocycles. The predicted octanol–water partition coefficient (Wildman–Crippen LogP) is 4.42. The summed E-state index contributed by atoms with van der Waals surface area (Å²) >= 11 is 4.72. The van der Waals surface area contributed by atoms with Crippen LogP contribution in [0.1, 0.15) is 13.8 Å². The van der Waals surface area contributed by atoms with E-state index >= 15 is 0 Å². The maximum absolute atomic E-state index is 12.3. The fourth-order valence-electron chi connectivity index (χ4n) is 2.73. The highest BCUT2D eigenvalue weighted by molar-refractivity contribution is 9.10. The normalized spacial score (nSPS) is 10.6. The van der Waals surface area contributed by atoms with E-state index in [0.717, 1.165) is 15.7 Å². The van der Waals surface area contributed by atoms with Crippen molar-refractivity contribution in [1.29, 1.82) is 0 Å². The first kappa shape index (κ1) is 21.1. The molecule has 1 heterocycles. The highest BCUT2D eigenvalue weighted by Gasteiger charge is 2.15. The van der Waals surface area contributed by atoms with Gasteiger partial charge in [-0.3, -0.25) is 9.59 Å². The summed E-state index contributed by atoms with van der Waals surface area (Å²) in [5, 5.41) is 14.8. The lowest BCUT2D eigenvalue weighted by Crippen LogP contribution is -2.14. The first-order valence-corrected chi connectivity index (χ1v) is 10.7. The minimum atomic E-state index is -0.133. The Kier molecular flexibility index (Phi) is 7.05. The van der Waals surface area contributed by atoms with Crippen LogP contribution in [0.4, 0.5) is 11.4 Å². The molecular formula is C20H20BrN5O2S. The van der Waals surface area contributed by atoms with Crippen molar-refractivity contribution in [3.05, 3.63) is 53.0 Å². The maximum Gasteiger partial charge on any atom is 0.234 e. The third-order valence-electron chi connectivity index (χ3n) is 3.91. The van der Waals surface area contributed by atoms with Crippen molar-refractivity contribution in [2.75, 3.05) is 16.4 Å². The quantitative estimate of drug-likeness (QED) is 0.495. The topological polar surface area (TPSA) is 88.9 Å². The number of rotatable bonds is 7. The van der Waals surface area contributed by atoms with Gasteiger partial charge in [0, 0.05) is 34.9 Å². The summed E-state index contributed by atoms with van der Waals surface area (Å²) in [6, 6.07) is 14.9. The Hall–Kier alpha value is -2.65. The molecule has 0 radical (unpaired) electrons.